The summed E-state index contributed by atoms with van der Waals surface area (Å²) in [5.74, 6) is 5.21. The van der Waals surface area contributed by atoms with Gasteiger partial charge in [-0.25, -0.2) is 0 Å². The number of rotatable bonds is 2. The molecule has 0 bridgehead atoms. The van der Waals surface area contributed by atoms with Crippen molar-refractivity contribution < 1.29 is 0 Å². The summed E-state index contributed by atoms with van der Waals surface area (Å²) >= 11 is 7.24. The fourth-order valence-electron chi connectivity index (χ4n) is 8.15. The van der Waals surface area contributed by atoms with Gasteiger partial charge in [-0.1, -0.05) is 93.3 Å². The normalized spacial score (nSPS) is 44.4. The fraction of sp³-hybridized carbons (Fsp3) is 0.429. The van der Waals surface area contributed by atoms with Gasteiger partial charge in [0.2, 0.25) is 0 Å². The van der Waals surface area contributed by atoms with E-state index in [1.54, 1.807) is 0 Å². The first-order valence-corrected chi connectivity index (χ1v) is 12.9. The smallest absolute Gasteiger partial charge is 0.0175 e. The van der Waals surface area contributed by atoms with Gasteiger partial charge in [0.1, 0.15) is 0 Å². The molecule has 0 aliphatic heterocycles. The summed E-state index contributed by atoms with van der Waals surface area (Å²) in [5, 5.41) is 0. The fourth-order valence-corrected chi connectivity index (χ4v) is 8.68. The first-order chi connectivity index (χ1) is 14.4. The molecule has 0 saturated heterocycles. The van der Waals surface area contributed by atoms with Crippen LogP contribution in [0.5, 0.6) is 0 Å². The standard InChI is InChI=1S/C28H26Br2/c1-27(15-3-7-17(29)8-4-15)11-19-21-13-28(2,16-5-9-18(30)10-6-16)14-22-20(12-27)24-23(19)25(21)26(22)24/h3-11,14,20-21,23-26H,12-13H2,1-2H3. The highest BCUT2D eigenvalue weighted by atomic mass is 79.9. The molecular formula is C28H26Br2. The summed E-state index contributed by atoms with van der Waals surface area (Å²) < 4.78 is 2.35. The van der Waals surface area contributed by atoms with Crippen LogP contribution in [0.1, 0.15) is 37.8 Å². The maximum Gasteiger partial charge on any atom is 0.0175 e. The maximum atomic E-state index is 3.62. The minimum atomic E-state index is 0.163. The van der Waals surface area contributed by atoms with E-state index >= 15 is 0 Å². The number of halogens is 2. The maximum absolute atomic E-state index is 3.62. The van der Waals surface area contributed by atoms with Gasteiger partial charge in [-0.05, 0) is 83.7 Å². The van der Waals surface area contributed by atoms with E-state index in [0.29, 0.717) is 0 Å². The van der Waals surface area contributed by atoms with E-state index < -0.39 is 0 Å². The second-order valence-corrected chi connectivity index (χ2v) is 12.8. The molecule has 0 amide bonds. The molecule has 152 valence electrons. The molecule has 0 aromatic heterocycles. The number of hydrogen-bond acceptors (Lipinski definition) is 0. The number of hydrogen-bond donors (Lipinski definition) is 0. The molecule has 4 unspecified atom stereocenters. The average molecular weight is 522 g/mol. The molecule has 0 radical (unpaired) electrons. The predicted octanol–water partition coefficient (Wildman–Crippen LogP) is 7.83. The highest BCUT2D eigenvalue weighted by molar-refractivity contribution is 9.10. The van der Waals surface area contributed by atoms with Crippen molar-refractivity contribution in [3.05, 3.63) is 91.9 Å². The van der Waals surface area contributed by atoms with Crippen molar-refractivity contribution in [2.24, 2.45) is 35.5 Å². The zero-order valence-corrected chi connectivity index (χ0v) is 20.6. The van der Waals surface area contributed by atoms with Crippen LogP contribution < -0.4 is 0 Å². The summed E-state index contributed by atoms with van der Waals surface area (Å²) in [7, 11) is 0. The third-order valence-corrected chi connectivity index (χ3v) is 10.5. The lowest BCUT2D eigenvalue weighted by Gasteiger charge is -2.73. The quantitative estimate of drug-likeness (QED) is 0.353. The van der Waals surface area contributed by atoms with Crippen molar-refractivity contribution in [1.29, 1.82) is 0 Å². The lowest BCUT2D eigenvalue weighted by molar-refractivity contribution is -0.148. The molecule has 0 spiro atoms. The third kappa shape index (κ3) is 2.18. The van der Waals surface area contributed by atoms with Crippen LogP contribution in [0.25, 0.3) is 0 Å². The van der Waals surface area contributed by atoms with E-state index in [4.69, 9.17) is 0 Å². The third-order valence-electron chi connectivity index (χ3n) is 9.48. The molecule has 30 heavy (non-hydrogen) atoms. The second kappa shape index (κ2) is 5.81. The van der Waals surface area contributed by atoms with Crippen LogP contribution in [-0.2, 0) is 10.8 Å². The van der Waals surface area contributed by atoms with Crippen LogP contribution in [0.2, 0.25) is 0 Å². The van der Waals surface area contributed by atoms with Crippen molar-refractivity contribution in [3.8, 4) is 0 Å². The van der Waals surface area contributed by atoms with E-state index in [0.717, 1.165) is 35.5 Å². The van der Waals surface area contributed by atoms with Crippen LogP contribution in [0.3, 0.4) is 0 Å². The Morgan fingerprint density at radius 3 is 1.37 bits per heavy atom. The van der Waals surface area contributed by atoms with Crippen molar-refractivity contribution >= 4 is 31.9 Å². The van der Waals surface area contributed by atoms with Gasteiger partial charge in [0.05, 0.1) is 0 Å². The average Bonchev–Trinajstić information content (AvgIpc) is 2.80. The SMILES string of the molecule is CC1(c2ccc(Br)cc2)C=C2C3CC(C)(c4ccc(Br)cc4)C=C4C(C1)C1C4C3C21. The van der Waals surface area contributed by atoms with Crippen molar-refractivity contribution in [2.75, 3.05) is 0 Å². The Bertz CT molecular complexity index is 1020. The van der Waals surface area contributed by atoms with Gasteiger partial charge in [0, 0.05) is 19.8 Å². The monoisotopic (exact) mass is 520 g/mol. The molecule has 2 heteroatoms. The van der Waals surface area contributed by atoms with Crippen LogP contribution >= 0.6 is 31.9 Å². The Labute approximate surface area is 196 Å². The lowest BCUT2D eigenvalue weighted by Crippen LogP contribution is -2.68. The van der Waals surface area contributed by atoms with E-state index in [9.17, 15) is 0 Å². The van der Waals surface area contributed by atoms with Crippen molar-refractivity contribution in [1.82, 2.24) is 0 Å². The van der Waals surface area contributed by atoms with Crippen LogP contribution in [0.15, 0.2) is 80.8 Å². The molecule has 4 atom stereocenters. The summed E-state index contributed by atoms with van der Waals surface area (Å²) in [6, 6.07) is 18.3. The zero-order chi connectivity index (χ0) is 20.4. The van der Waals surface area contributed by atoms with Gasteiger partial charge in [0.25, 0.3) is 0 Å². The second-order valence-electron chi connectivity index (χ2n) is 11.0. The largest absolute Gasteiger partial charge is 0.0744 e. The van der Waals surface area contributed by atoms with E-state index in [-0.39, 0.29) is 10.8 Å². The number of fused-ring (bicyclic) bond motifs is 2. The van der Waals surface area contributed by atoms with Gasteiger partial charge in [0.15, 0.2) is 0 Å². The molecule has 3 fully saturated rings. The molecule has 0 heterocycles. The van der Waals surface area contributed by atoms with E-state index in [2.05, 4.69) is 106 Å². The molecule has 5 aliphatic carbocycles. The highest BCUT2D eigenvalue weighted by Crippen LogP contribution is 2.80. The number of allylic oxidation sites excluding steroid dienone is 4. The van der Waals surface area contributed by atoms with Gasteiger partial charge < -0.3 is 0 Å². The first-order valence-electron chi connectivity index (χ1n) is 11.4. The zero-order valence-electron chi connectivity index (χ0n) is 17.4. The van der Waals surface area contributed by atoms with Gasteiger partial charge in [-0.3, -0.25) is 0 Å². The molecule has 2 aromatic rings. The van der Waals surface area contributed by atoms with E-state index in [1.165, 1.54) is 32.9 Å². The number of benzene rings is 2. The Kier molecular flexibility index (Phi) is 3.57. The molecule has 3 saturated carbocycles. The summed E-state index contributed by atoms with van der Waals surface area (Å²) in [4.78, 5) is 0. The Morgan fingerprint density at radius 2 is 1.00 bits per heavy atom. The van der Waals surface area contributed by atoms with Crippen LogP contribution in [0, 0.1) is 35.5 Å². The summed E-state index contributed by atoms with van der Waals surface area (Å²) in [5.41, 5.74) is 6.92. The van der Waals surface area contributed by atoms with Gasteiger partial charge >= 0.3 is 0 Å². The van der Waals surface area contributed by atoms with Crippen molar-refractivity contribution in [3.63, 3.8) is 0 Å². The van der Waals surface area contributed by atoms with Gasteiger partial charge in [-0.2, -0.15) is 0 Å². The molecular weight excluding hydrogens is 496 g/mol. The topological polar surface area (TPSA) is 0 Å². The van der Waals surface area contributed by atoms with Crippen molar-refractivity contribution in [2.45, 2.75) is 37.5 Å². The molecule has 2 aromatic carbocycles. The molecule has 0 N–H and O–H groups in total. The lowest BCUT2D eigenvalue weighted by atomic mass is 9.31. The van der Waals surface area contributed by atoms with Crippen LogP contribution in [-0.4, -0.2) is 0 Å². The molecule has 5 aliphatic rings. The van der Waals surface area contributed by atoms with Gasteiger partial charge in [-0.15, -0.1) is 0 Å². The Balaban J connectivity index is 1.35. The minimum absolute atomic E-state index is 0.163. The van der Waals surface area contributed by atoms with E-state index in [1.807, 2.05) is 11.1 Å². The van der Waals surface area contributed by atoms with Crippen LogP contribution in [0.4, 0.5) is 0 Å². The highest BCUT2D eigenvalue weighted by Gasteiger charge is 2.74. The summed E-state index contributed by atoms with van der Waals surface area (Å²) in [6.07, 6.45) is 8.03. The molecule has 0 nitrogen and oxygen atoms in total. The Morgan fingerprint density at radius 1 is 0.633 bits per heavy atom. The minimum Gasteiger partial charge on any atom is -0.0744 e. The first kappa shape index (κ1) is 18.5. The molecule has 7 rings (SSSR count). The Hall–Kier alpha value is -1.12. The predicted molar refractivity (Wildman–Crippen MR) is 129 cm³/mol. The summed E-state index contributed by atoms with van der Waals surface area (Å²) in [6.45, 7) is 5.00.